The molecule has 0 amide bonds. The molecule has 0 fully saturated rings. The second-order valence-electron chi connectivity index (χ2n) is 3.52. The molecule has 0 aliphatic rings. The van der Waals surface area contributed by atoms with Crippen LogP contribution in [0.3, 0.4) is 0 Å². The number of hydrogen-bond donors (Lipinski definition) is 1. The van der Waals surface area contributed by atoms with E-state index in [9.17, 15) is 9.50 Å². The Morgan fingerprint density at radius 1 is 1.50 bits per heavy atom. The molecule has 1 N–H and O–H groups in total. The molecule has 0 saturated carbocycles. The number of hydrogen-bond acceptors (Lipinski definition) is 2. The van der Waals surface area contributed by atoms with Gasteiger partial charge in [-0.15, -0.1) is 0 Å². The lowest BCUT2D eigenvalue weighted by molar-refractivity contribution is 0.453. The summed E-state index contributed by atoms with van der Waals surface area (Å²) in [4.78, 5) is 0. The summed E-state index contributed by atoms with van der Waals surface area (Å²) in [5.74, 6) is -0.800. The normalized spacial score (nSPS) is 11.1. The molecule has 0 aromatic heterocycles. The van der Waals surface area contributed by atoms with E-state index in [1.165, 1.54) is 0 Å². The first-order valence-electron chi connectivity index (χ1n) is 3.98. The van der Waals surface area contributed by atoms with Crippen molar-refractivity contribution in [2.24, 2.45) is 0 Å². The number of rotatable bonds is 1. The number of nitrogens with zero attached hydrogens (tertiary/aromatic N) is 1. The number of benzene rings is 1. The van der Waals surface area contributed by atoms with Crippen LogP contribution in [0.5, 0.6) is 5.75 Å². The molecule has 0 saturated heterocycles. The van der Waals surface area contributed by atoms with E-state index in [2.05, 4.69) is 0 Å². The van der Waals surface area contributed by atoms with Crippen molar-refractivity contribution >= 4 is 11.6 Å². The molecule has 0 unspecified atom stereocenters. The highest BCUT2D eigenvalue weighted by Gasteiger charge is 2.24. The summed E-state index contributed by atoms with van der Waals surface area (Å²) in [6.07, 6.45) is 0. The molecule has 0 radical (unpaired) electrons. The monoisotopic (exact) mass is 213 g/mol. The highest BCUT2D eigenvalue weighted by molar-refractivity contribution is 6.30. The Kier molecular flexibility index (Phi) is 2.68. The van der Waals surface area contributed by atoms with E-state index in [0.717, 1.165) is 12.1 Å². The summed E-state index contributed by atoms with van der Waals surface area (Å²) in [5, 5.41) is 18.1. The van der Waals surface area contributed by atoms with Gasteiger partial charge >= 0.3 is 0 Å². The molecule has 74 valence electrons. The Morgan fingerprint density at radius 2 is 2.07 bits per heavy atom. The van der Waals surface area contributed by atoms with Crippen LogP contribution < -0.4 is 0 Å². The zero-order valence-electron chi connectivity index (χ0n) is 7.81. The predicted molar refractivity (Wildman–Crippen MR) is 51.7 cm³/mol. The van der Waals surface area contributed by atoms with Crippen molar-refractivity contribution in [3.8, 4) is 11.8 Å². The predicted octanol–water partition coefficient (Wildman–Crippen LogP) is 2.99. The number of phenols is 1. The molecular weight excluding hydrogens is 205 g/mol. The molecule has 1 aromatic rings. The van der Waals surface area contributed by atoms with E-state index >= 15 is 0 Å². The van der Waals surface area contributed by atoms with Crippen molar-refractivity contribution in [1.82, 2.24) is 0 Å². The third-order valence-corrected chi connectivity index (χ3v) is 2.28. The van der Waals surface area contributed by atoms with Gasteiger partial charge in [0.2, 0.25) is 0 Å². The minimum absolute atomic E-state index is 0.153. The molecule has 0 spiro atoms. The minimum atomic E-state index is -0.935. The molecule has 4 heteroatoms. The lowest BCUT2D eigenvalue weighted by atomic mass is 9.85. The molecule has 1 rings (SSSR count). The van der Waals surface area contributed by atoms with E-state index in [0.29, 0.717) is 0 Å². The Labute approximate surface area is 86.5 Å². The highest BCUT2D eigenvalue weighted by atomic mass is 35.5. The lowest BCUT2D eigenvalue weighted by Gasteiger charge is -2.17. The fourth-order valence-electron chi connectivity index (χ4n) is 1.10. The summed E-state index contributed by atoms with van der Waals surface area (Å²) < 4.78 is 13.1. The SMILES string of the molecule is CC(C)(C#N)c1cc(F)c(Cl)cc1O. The van der Waals surface area contributed by atoms with Crippen molar-refractivity contribution in [2.45, 2.75) is 19.3 Å². The van der Waals surface area contributed by atoms with Crippen LogP contribution in [-0.2, 0) is 5.41 Å². The van der Waals surface area contributed by atoms with Gasteiger partial charge in [-0.3, -0.25) is 0 Å². The van der Waals surface area contributed by atoms with Crippen molar-refractivity contribution in [1.29, 1.82) is 5.26 Å². The summed E-state index contributed by atoms with van der Waals surface area (Å²) >= 11 is 5.46. The Bertz CT molecular complexity index is 409. The zero-order valence-corrected chi connectivity index (χ0v) is 8.56. The maximum absolute atomic E-state index is 13.1. The standard InChI is InChI=1S/C10H9ClFNO/c1-10(2,5-13)6-3-8(12)7(11)4-9(6)14/h3-4,14H,1-2H3. The number of aromatic hydroxyl groups is 1. The molecular formula is C10H9ClFNO. The van der Waals surface area contributed by atoms with E-state index in [4.69, 9.17) is 16.9 Å². The highest BCUT2D eigenvalue weighted by Crippen LogP contribution is 2.33. The van der Waals surface area contributed by atoms with Gasteiger partial charge in [-0.1, -0.05) is 11.6 Å². The first-order valence-corrected chi connectivity index (χ1v) is 4.36. The van der Waals surface area contributed by atoms with E-state index in [1.54, 1.807) is 13.8 Å². The molecule has 0 aliphatic carbocycles. The van der Waals surface area contributed by atoms with Crippen LogP contribution in [0.1, 0.15) is 19.4 Å². The topological polar surface area (TPSA) is 44.0 Å². The third-order valence-electron chi connectivity index (χ3n) is 1.99. The zero-order chi connectivity index (χ0) is 10.9. The van der Waals surface area contributed by atoms with Crippen molar-refractivity contribution in [2.75, 3.05) is 0 Å². The first-order chi connectivity index (χ1) is 6.38. The van der Waals surface area contributed by atoms with Gasteiger partial charge < -0.3 is 5.11 Å². The first kappa shape index (κ1) is 10.8. The summed E-state index contributed by atoms with van der Waals surface area (Å²) in [7, 11) is 0. The summed E-state index contributed by atoms with van der Waals surface area (Å²) in [6.45, 7) is 3.19. The smallest absolute Gasteiger partial charge is 0.142 e. The molecule has 0 bridgehead atoms. The quantitative estimate of drug-likeness (QED) is 0.780. The Hall–Kier alpha value is -1.27. The van der Waals surface area contributed by atoms with Gasteiger partial charge in [0.15, 0.2) is 0 Å². The number of halogens is 2. The maximum Gasteiger partial charge on any atom is 0.142 e. The average molecular weight is 214 g/mol. The van der Waals surface area contributed by atoms with Gasteiger partial charge in [0.05, 0.1) is 16.5 Å². The second-order valence-corrected chi connectivity index (χ2v) is 3.93. The van der Waals surface area contributed by atoms with Crippen molar-refractivity contribution in [3.05, 3.63) is 28.5 Å². The van der Waals surface area contributed by atoms with Gasteiger partial charge in [0, 0.05) is 11.6 Å². The van der Waals surface area contributed by atoms with Gasteiger partial charge in [-0.05, 0) is 19.9 Å². The molecule has 0 aliphatic heterocycles. The second kappa shape index (κ2) is 3.47. The van der Waals surface area contributed by atoms with Gasteiger partial charge in [-0.25, -0.2) is 4.39 Å². The molecule has 1 aromatic carbocycles. The van der Waals surface area contributed by atoms with Crippen LogP contribution in [0.4, 0.5) is 4.39 Å². The number of nitriles is 1. The Morgan fingerprint density at radius 3 is 2.57 bits per heavy atom. The van der Waals surface area contributed by atoms with Crippen LogP contribution in [0, 0.1) is 17.1 Å². The molecule has 0 heterocycles. The molecule has 0 atom stereocenters. The third kappa shape index (κ3) is 1.80. The molecule has 2 nitrogen and oxygen atoms in total. The fraction of sp³-hybridized carbons (Fsp3) is 0.300. The van der Waals surface area contributed by atoms with E-state index in [1.807, 2.05) is 6.07 Å². The van der Waals surface area contributed by atoms with E-state index < -0.39 is 11.2 Å². The summed E-state index contributed by atoms with van der Waals surface area (Å²) in [5.41, 5.74) is -0.697. The largest absolute Gasteiger partial charge is 0.508 e. The molecule has 14 heavy (non-hydrogen) atoms. The van der Waals surface area contributed by atoms with Crippen LogP contribution in [0.2, 0.25) is 5.02 Å². The van der Waals surface area contributed by atoms with Crippen LogP contribution >= 0.6 is 11.6 Å². The van der Waals surface area contributed by atoms with E-state index in [-0.39, 0.29) is 16.3 Å². The van der Waals surface area contributed by atoms with Gasteiger partial charge in [-0.2, -0.15) is 5.26 Å². The minimum Gasteiger partial charge on any atom is -0.508 e. The summed E-state index contributed by atoms with van der Waals surface area (Å²) in [6, 6.07) is 4.16. The van der Waals surface area contributed by atoms with Crippen LogP contribution in [0.15, 0.2) is 12.1 Å². The maximum atomic E-state index is 13.1. The van der Waals surface area contributed by atoms with Crippen LogP contribution in [-0.4, -0.2) is 5.11 Å². The van der Waals surface area contributed by atoms with Crippen LogP contribution in [0.25, 0.3) is 0 Å². The fourth-order valence-corrected chi connectivity index (χ4v) is 1.26. The van der Waals surface area contributed by atoms with Gasteiger partial charge in [0.1, 0.15) is 11.6 Å². The van der Waals surface area contributed by atoms with Gasteiger partial charge in [0.25, 0.3) is 0 Å². The average Bonchev–Trinajstić information content (AvgIpc) is 2.11. The Balaban J connectivity index is 3.38. The van der Waals surface area contributed by atoms with Crippen molar-refractivity contribution in [3.63, 3.8) is 0 Å². The van der Waals surface area contributed by atoms with Crippen molar-refractivity contribution < 1.29 is 9.50 Å². The lowest BCUT2D eigenvalue weighted by Crippen LogP contribution is -2.14. The number of phenolic OH excluding ortho intramolecular Hbond substituents is 1.